The second-order valence-corrected chi connectivity index (χ2v) is 10.9. The number of aliphatic hydroxyl groups is 1. The van der Waals surface area contributed by atoms with E-state index in [1.165, 1.54) is 6.92 Å². The molecular weight excluding hydrogens is 466 g/mol. The Labute approximate surface area is 209 Å². The lowest BCUT2D eigenvalue weighted by Crippen LogP contribution is -2.70. The Morgan fingerprint density at radius 1 is 1.25 bits per heavy atom. The second-order valence-electron chi connectivity index (χ2n) is 10.9. The zero-order valence-corrected chi connectivity index (χ0v) is 21.0. The molecule has 2 aromatic rings. The molecule has 4 saturated heterocycles. The molecule has 5 fully saturated rings. The number of fused-ring (bicyclic) bond motifs is 2. The number of ether oxygens (including phenoxy) is 3. The molecule has 1 aliphatic carbocycles. The van der Waals surface area contributed by atoms with Gasteiger partial charge in [0.2, 0.25) is 5.79 Å². The first-order chi connectivity index (χ1) is 17.2. The molecule has 1 saturated carbocycles. The van der Waals surface area contributed by atoms with Gasteiger partial charge in [-0.05, 0) is 51.2 Å². The van der Waals surface area contributed by atoms with Crippen LogP contribution in [-0.4, -0.2) is 56.0 Å². The molecule has 2 bridgehead atoms. The van der Waals surface area contributed by atoms with E-state index < -0.39 is 30.1 Å². The molecule has 194 valence electrons. The molecule has 1 N–H and O–H groups in total. The summed E-state index contributed by atoms with van der Waals surface area (Å²) in [6, 6.07) is 7.24. The van der Waals surface area contributed by atoms with Gasteiger partial charge in [0, 0.05) is 23.3 Å². The van der Waals surface area contributed by atoms with E-state index in [1.54, 1.807) is 29.9 Å². The lowest BCUT2D eigenvalue weighted by Gasteiger charge is -2.60. The van der Waals surface area contributed by atoms with E-state index in [4.69, 9.17) is 24.0 Å². The topological polar surface area (TPSA) is 114 Å². The minimum Gasteiger partial charge on any atom is -0.387 e. The minimum atomic E-state index is -1.29. The van der Waals surface area contributed by atoms with E-state index in [0.29, 0.717) is 23.6 Å². The van der Waals surface area contributed by atoms with Crippen LogP contribution in [0.2, 0.25) is 0 Å². The highest BCUT2D eigenvalue weighted by atomic mass is 17.3. The van der Waals surface area contributed by atoms with Crippen molar-refractivity contribution in [1.29, 1.82) is 0 Å². The summed E-state index contributed by atoms with van der Waals surface area (Å²) in [5.41, 5.74) is 1.22. The van der Waals surface area contributed by atoms with Gasteiger partial charge in [-0.15, -0.1) is 5.10 Å². The first-order valence-corrected chi connectivity index (χ1v) is 12.7. The smallest absolute Gasteiger partial charge is 0.227 e. The average molecular weight is 500 g/mol. The van der Waals surface area contributed by atoms with Crippen LogP contribution in [-0.2, 0) is 30.6 Å². The van der Waals surface area contributed by atoms with Crippen molar-refractivity contribution in [2.24, 2.45) is 23.7 Å². The van der Waals surface area contributed by atoms with E-state index in [1.807, 2.05) is 12.1 Å². The van der Waals surface area contributed by atoms with Crippen LogP contribution in [0.1, 0.15) is 63.0 Å². The number of hydrogen-bond acceptors (Lipinski definition) is 9. The summed E-state index contributed by atoms with van der Waals surface area (Å²) in [4.78, 5) is 23.6. The number of Topliss-reactive ketones (excluding diaryl/α,β-unsaturated/α-hetero) is 1. The van der Waals surface area contributed by atoms with Crippen molar-refractivity contribution < 1.29 is 33.9 Å². The quantitative estimate of drug-likeness (QED) is 0.489. The van der Waals surface area contributed by atoms with E-state index in [9.17, 15) is 9.90 Å². The molecule has 0 amide bonds. The van der Waals surface area contributed by atoms with Crippen LogP contribution >= 0.6 is 0 Å². The number of aromatic nitrogens is 3. The third-order valence-electron chi connectivity index (χ3n) is 8.70. The molecule has 5 aliphatic rings. The highest BCUT2D eigenvalue weighted by molar-refractivity contribution is 5.94. The molecule has 9 atom stereocenters. The van der Waals surface area contributed by atoms with Crippen molar-refractivity contribution in [1.82, 2.24) is 15.0 Å². The van der Waals surface area contributed by atoms with Crippen LogP contribution < -0.4 is 0 Å². The predicted molar refractivity (Wildman–Crippen MR) is 124 cm³/mol. The number of aliphatic hydroxyl groups excluding tert-OH is 1. The molecule has 4 aliphatic heterocycles. The molecule has 7 rings (SSSR count). The monoisotopic (exact) mass is 499 g/mol. The van der Waals surface area contributed by atoms with Gasteiger partial charge < -0.3 is 19.3 Å². The van der Waals surface area contributed by atoms with E-state index in [2.05, 4.69) is 24.2 Å². The molecule has 10 nitrogen and oxygen atoms in total. The Balaban J connectivity index is 1.21. The Morgan fingerprint density at radius 2 is 2.08 bits per heavy atom. The third kappa shape index (κ3) is 3.66. The van der Waals surface area contributed by atoms with Crippen molar-refractivity contribution in [2.75, 3.05) is 0 Å². The number of rotatable bonds is 5. The van der Waals surface area contributed by atoms with E-state index >= 15 is 0 Å². The van der Waals surface area contributed by atoms with E-state index in [0.717, 1.165) is 18.5 Å². The van der Waals surface area contributed by atoms with Crippen molar-refractivity contribution in [2.45, 2.75) is 83.6 Å². The number of hydrogen-bond donors (Lipinski definition) is 1. The summed E-state index contributed by atoms with van der Waals surface area (Å²) >= 11 is 0. The van der Waals surface area contributed by atoms with Crippen LogP contribution in [0.3, 0.4) is 0 Å². The number of carbonyl (C=O) groups excluding carboxylic acids is 1. The fourth-order valence-corrected chi connectivity index (χ4v) is 6.55. The molecule has 0 unspecified atom stereocenters. The first-order valence-electron chi connectivity index (χ1n) is 12.7. The summed E-state index contributed by atoms with van der Waals surface area (Å²) < 4.78 is 20.5. The molecule has 36 heavy (non-hydrogen) atoms. The zero-order valence-electron chi connectivity index (χ0n) is 21.0. The SMILES string of the molecule is CC(=O)c1cccc(-n2cc(CO[C@H]3O[C@@H]4O[C@]5(C)OO[C@]46[C@@H](CC[C@@H](C)[C@@H]6C[C@H]5O)[C@H]3C)nn2)c1. The lowest BCUT2D eigenvalue weighted by atomic mass is 9.58. The van der Waals surface area contributed by atoms with Crippen molar-refractivity contribution in [3.8, 4) is 5.69 Å². The molecule has 10 heteroatoms. The Bertz CT molecular complexity index is 1160. The summed E-state index contributed by atoms with van der Waals surface area (Å²) in [6.45, 7) is 7.73. The zero-order chi connectivity index (χ0) is 25.2. The van der Waals surface area contributed by atoms with Gasteiger partial charge in [-0.1, -0.05) is 31.2 Å². The second kappa shape index (κ2) is 8.68. The van der Waals surface area contributed by atoms with Crippen LogP contribution in [0, 0.1) is 23.7 Å². The molecule has 1 aromatic carbocycles. The standard InChI is InChI=1S/C26H33N3O7/c1-14-8-9-20-15(2)23(33-24-26(20)21(14)11-22(31)25(4,34-24)35-36-26)32-13-18-12-29(28-27-18)19-7-5-6-17(10-19)16(3)30/h5-7,10,12,14-15,20-24,31H,8-9,11,13H2,1-4H3/t14-,15-,20+,21+,22-,23+,24-,25-,26+/m1/s1. The van der Waals surface area contributed by atoms with Gasteiger partial charge in [0.05, 0.1) is 18.5 Å². The third-order valence-corrected chi connectivity index (χ3v) is 8.70. The van der Waals surface area contributed by atoms with Gasteiger partial charge in [-0.25, -0.2) is 9.57 Å². The molecule has 1 spiro atoms. The van der Waals surface area contributed by atoms with Gasteiger partial charge in [0.15, 0.2) is 24.0 Å². The van der Waals surface area contributed by atoms with Crippen molar-refractivity contribution >= 4 is 5.78 Å². The van der Waals surface area contributed by atoms with E-state index in [-0.39, 0.29) is 30.1 Å². The maximum Gasteiger partial charge on any atom is 0.227 e. The summed E-state index contributed by atoms with van der Waals surface area (Å²) in [7, 11) is 0. The Kier molecular flexibility index (Phi) is 5.82. The molecular formula is C26H33N3O7. The lowest BCUT2D eigenvalue weighted by molar-refractivity contribution is -0.583. The fraction of sp³-hybridized carbons (Fsp3) is 0.654. The first kappa shape index (κ1) is 24.1. The molecule has 5 heterocycles. The summed E-state index contributed by atoms with van der Waals surface area (Å²) in [6.07, 6.45) is 2.21. The number of nitrogens with zero attached hydrogens (tertiary/aromatic N) is 3. The molecule has 1 aromatic heterocycles. The van der Waals surface area contributed by atoms with Crippen molar-refractivity contribution in [3.05, 3.63) is 41.7 Å². The van der Waals surface area contributed by atoms with Crippen molar-refractivity contribution in [3.63, 3.8) is 0 Å². The highest BCUT2D eigenvalue weighted by Crippen LogP contribution is 2.60. The average Bonchev–Trinajstić information content (AvgIpc) is 3.27. The van der Waals surface area contributed by atoms with Gasteiger partial charge in [-0.3, -0.25) is 4.79 Å². The maximum atomic E-state index is 11.7. The largest absolute Gasteiger partial charge is 0.387 e. The predicted octanol–water partition coefficient (Wildman–Crippen LogP) is 3.17. The van der Waals surface area contributed by atoms with Gasteiger partial charge in [0.1, 0.15) is 11.8 Å². The fourth-order valence-electron chi connectivity index (χ4n) is 6.55. The summed E-state index contributed by atoms with van der Waals surface area (Å²) in [5, 5.41) is 19.3. The normalized spacial score (nSPS) is 41.5. The Morgan fingerprint density at radius 3 is 2.89 bits per heavy atom. The molecule has 0 radical (unpaired) electrons. The van der Waals surface area contributed by atoms with Crippen LogP contribution in [0.15, 0.2) is 30.5 Å². The Hall–Kier alpha value is -2.21. The van der Waals surface area contributed by atoms with Crippen LogP contribution in [0.4, 0.5) is 0 Å². The maximum absolute atomic E-state index is 11.7. The minimum absolute atomic E-state index is 0.00495. The number of ketones is 1. The van der Waals surface area contributed by atoms with Gasteiger partial charge in [-0.2, -0.15) is 4.89 Å². The summed E-state index contributed by atoms with van der Waals surface area (Å²) in [5.74, 6) is -0.816. The van der Waals surface area contributed by atoms with Gasteiger partial charge >= 0.3 is 0 Å². The number of carbonyl (C=O) groups is 1. The highest BCUT2D eigenvalue weighted by Gasteiger charge is 2.71. The number of benzene rings is 1. The van der Waals surface area contributed by atoms with Gasteiger partial charge in [0.25, 0.3) is 0 Å². The van der Waals surface area contributed by atoms with Crippen LogP contribution in [0.5, 0.6) is 0 Å². The van der Waals surface area contributed by atoms with Crippen LogP contribution in [0.25, 0.3) is 5.69 Å².